The van der Waals surface area contributed by atoms with Gasteiger partial charge in [0.15, 0.2) is 0 Å². The Balaban J connectivity index is 2.06. The van der Waals surface area contributed by atoms with Gasteiger partial charge in [-0.2, -0.15) is 5.26 Å². The van der Waals surface area contributed by atoms with E-state index in [1.807, 2.05) is 6.07 Å². The smallest absolute Gasteiger partial charge is 0.124 e. The molecule has 0 radical (unpaired) electrons. The van der Waals surface area contributed by atoms with Crippen LogP contribution < -0.4 is 0 Å². The van der Waals surface area contributed by atoms with Crippen LogP contribution in [0.1, 0.15) is 26.7 Å². The molecule has 0 spiro atoms. The molecule has 90 valence electrons. The zero-order chi connectivity index (χ0) is 12.5. The highest BCUT2D eigenvalue weighted by Crippen LogP contribution is 2.52. The van der Waals surface area contributed by atoms with Gasteiger partial charge in [0.1, 0.15) is 10.6 Å². The van der Waals surface area contributed by atoms with Gasteiger partial charge in [0.25, 0.3) is 0 Å². The molecule has 0 aliphatic heterocycles. The van der Waals surface area contributed by atoms with Crippen LogP contribution in [0.2, 0.25) is 0 Å². The van der Waals surface area contributed by atoms with Crippen molar-refractivity contribution in [1.29, 1.82) is 5.26 Å². The first kappa shape index (κ1) is 12.4. The van der Waals surface area contributed by atoms with E-state index < -0.39 is 0 Å². The number of nitriles is 1. The number of benzene rings is 1. The van der Waals surface area contributed by atoms with Gasteiger partial charge in [-0.05, 0) is 42.9 Å². The van der Waals surface area contributed by atoms with E-state index in [1.165, 1.54) is 23.9 Å². The maximum absolute atomic E-state index is 13.1. The van der Waals surface area contributed by atoms with Gasteiger partial charge in [-0.25, -0.2) is 4.39 Å². The van der Waals surface area contributed by atoms with Crippen LogP contribution in [0.5, 0.6) is 0 Å². The van der Waals surface area contributed by atoms with Crippen LogP contribution in [-0.4, -0.2) is 4.75 Å². The topological polar surface area (TPSA) is 23.8 Å². The molecule has 1 saturated carbocycles. The van der Waals surface area contributed by atoms with E-state index in [1.54, 1.807) is 6.07 Å². The molecule has 1 nitrogen and oxygen atoms in total. The fourth-order valence-corrected chi connectivity index (χ4v) is 3.62. The average molecular weight is 249 g/mol. The fourth-order valence-electron chi connectivity index (χ4n) is 2.21. The number of rotatable bonds is 3. The molecule has 0 unspecified atom stereocenters. The van der Waals surface area contributed by atoms with Crippen LogP contribution >= 0.6 is 11.8 Å². The van der Waals surface area contributed by atoms with Gasteiger partial charge < -0.3 is 0 Å². The Morgan fingerprint density at radius 1 is 1.47 bits per heavy atom. The van der Waals surface area contributed by atoms with Crippen molar-refractivity contribution in [3.05, 3.63) is 30.1 Å². The fraction of sp³-hybridized carbons (Fsp3) is 0.500. The van der Waals surface area contributed by atoms with Crippen molar-refractivity contribution in [3.63, 3.8) is 0 Å². The van der Waals surface area contributed by atoms with Crippen LogP contribution in [0, 0.1) is 29.0 Å². The van der Waals surface area contributed by atoms with Crippen molar-refractivity contribution in [3.8, 4) is 6.07 Å². The van der Waals surface area contributed by atoms with Crippen molar-refractivity contribution >= 4 is 11.8 Å². The first-order valence-electron chi connectivity index (χ1n) is 5.90. The van der Waals surface area contributed by atoms with Gasteiger partial charge in [0.2, 0.25) is 0 Å². The van der Waals surface area contributed by atoms with Crippen LogP contribution in [0.25, 0.3) is 0 Å². The highest BCUT2D eigenvalue weighted by molar-refractivity contribution is 8.01. The van der Waals surface area contributed by atoms with Crippen molar-refractivity contribution < 1.29 is 4.39 Å². The normalized spacial score (nSPS) is 27.6. The van der Waals surface area contributed by atoms with Crippen LogP contribution in [0.15, 0.2) is 29.2 Å². The van der Waals surface area contributed by atoms with E-state index in [0.717, 1.165) is 17.7 Å². The van der Waals surface area contributed by atoms with Crippen LogP contribution in [0.4, 0.5) is 4.39 Å². The first-order valence-corrected chi connectivity index (χ1v) is 6.72. The zero-order valence-electron chi connectivity index (χ0n) is 10.1. The minimum absolute atomic E-state index is 0.233. The summed E-state index contributed by atoms with van der Waals surface area (Å²) in [6.45, 7) is 4.39. The van der Waals surface area contributed by atoms with E-state index in [4.69, 9.17) is 0 Å². The quantitative estimate of drug-likeness (QED) is 0.799. The van der Waals surface area contributed by atoms with E-state index >= 15 is 0 Å². The third kappa shape index (κ3) is 2.63. The highest BCUT2D eigenvalue weighted by Gasteiger charge is 2.46. The summed E-state index contributed by atoms with van der Waals surface area (Å²) < 4.78 is 12.7. The number of halogens is 1. The SMILES string of the molecule is CC(C)C1CC(C#N)(Sc2cccc(F)c2)C1. The lowest BCUT2D eigenvalue weighted by Crippen LogP contribution is -2.41. The van der Waals surface area contributed by atoms with Crippen molar-refractivity contribution in [2.24, 2.45) is 11.8 Å². The first-order chi connectivity index (χ1) is 8.04. The summed E-state index contributed by atoms with van der Waals surface area (Å²) in [5.41, 5.74) is 0. The van der Waals surface area contributed by atoms with Gasteiger partial charge in [-0.3, -0.25) is 0 Å². The summed E-state index contributed by atoms with van der Waals surface area (Å²) in [6, 6.07) is 8.91. The van der Waals surface area contributed by atoms with Crippen molar-refractivity contribution in [1.82, 2.24) is 0 Å². The summed E-state index contributed by atoms with van der Waals surface area (Å²) in [5.74, 6) is 1.03. The summed E-state index contributed by atoms with van der Waals surface area (Å²) >= 11 is 1.51. The predicted molar refractivity (Wildman–Crippen MR) is 68.2 cm³/mol. The standard InChI is InChI=1S/C14H16FNS/c1-10(2)11-7-14(8-11,9-16)17-13-5-3-4-12(15)6-13/h3-6,10-11H,7-8H2,1-2H3. The zero-order valence-corrected chi connectivity index (χ0v) is 10.9. The maximum Gasteiger partial charge on any atom is 0.124 e. The maximum atomic E-state index is 13.1. The molecule has 0 amide bonds. The molecule has 0 heterocycles. The molecular formula is C14H16FNS. The molecule has 0 aromatic heterocycles. The molecule has 0 bridgehead atoms. The lowest BCUT2D eigenvalue weighted by molar-refractivity contribution is 0.207. The molecule has 0 N–H and O–H groups in total. The van der Waals surface area contributed by atoms with Gasteiger partial charge in [0.05, 0.1) is 6.07 Å². The number of thioether (sulfide) groups is 1. The molecule has 1 aliphatic carbocycles. The Hall–Kier alpha value is -1.01. The Bertz CT molecular complexity index is 444. The molecule has 3 heteroatoms. The Labute approximate surface area is 106 Å². The molecule has 17 heavy (non-hydrogen) atoms. The summed E-state index contributed by atoms with van der Waals surface area (Å²) in [7, 11) is 0. The molecule has 2 rings (SSSR count). The molecule has 1 aliphatic rings. The van der Waals surface area contributed by atoms with Gasteiger partial charge in [-0.1, -0.05) is 19.9 Å². The summed E-state index contributed by atoms with van der Waals surface area (Å²) in [6.07, 6.45) is 1.84. The molecule has 0 saturated heterocycles. The van der Waals surface area contributed by atoms with E-state index in [2.05, 4.69) is 19.9 Å². The minimum Gasteiger partial charge on any atom is -0.207 e. The monoisotopic (exact) mass is 249 g/mol. The van der Waals surface area contributed by atoms with E-state index in [-0.39, 0.29) is 10.6 Å². The van der Waals surface area contributed by atoms with Crippen molar-refractivity contribution in [2.45, 2.75) is 36.3 Å². The van der Waals surface area contributed by atoms with Gasteiger partial charge in [0, 0.05) is 4.90 Å². The predicted octanol–water partition coefficient (Wildman–Crippen LogP) is 4.25. The second-order valence-corrected chi connectivity index (χ2v) is 6.53. The molecule has 1 aromatic carbocycles. The number of hydrogen-bond donors (Lipinski definition) is 0. The Kier molecular flexibility index (Phi) is 3.44. The third-order valence-electron chi connectivity index (χ3n) is 3.44. The second-order valence-electron chi connectivity index (χ2n) is 5.08. The van der Waals surface area contributed by atoms with Gasteiger partial charge >= 0.3 is 0 Å². The molecular weight excluding hydrogens is 233 g/mol. The average Bonchev–Trinajstić information content (AvgIpc) is 2.22. The Morgan fingerprint density at radius 3 is 2.71 bits per heavy atom. The van der Waals surface area contributed by atoms with Gasteiger partial charge in [-0.15, -0.1) is 11.8 Å². The molecule has 1 fully saturated rings. The minimum atomic E-state index is -0.331. The molecule has 1 aromatic rings. The second kappa shape index (κ2) is 4.70. The summed E-state index contributed by atoms with van der Waals surface area (Å²) in [5, 5.41) is 9.30. The third-order valence-corrected chi connectivity index (χ3v) is 4.74. The lowest BCUT2D eigenvalue weighted by atomic mass is 9.69. The van der Waals surface area contributed by atoms with Crippen molar-refractivity contribution in [2.75, 3.05) is 0 Å². The van der Waals surface area contributed by atoms with E-state index in [0.29, 0.717) is 11.8 Å². The Morgan fingerprint density at radius 2 is 2.18 bits per heavy atom. The summed E-state index contributed by atoms with van der Waals surface area (Å²) in [4.78, 5) is 0.855. The lowest BCUT2D eigenvalue weighted by Gasteiger charge is -2.44. The highest BCUT2D eigenvalue weighted by atomic mass is 32.2. The number of nitrogens with zero attached hydrogens (tertiary/aromatic N) is 1. The van der Waals surface area contributed by atoms with Crippen LogP contribution in [0.3, 0.4) is 0 Å². The molecule has 0 atom stereocenters. The van der Waals surface area contributed by atoms with E-state index in [9.17, 15) is 9.65 Å². The largest absolute Gasteiger partial charge is 0.207 e. The van der Waals surface area contributed by atoms with Crippen LogP contribution in [-0.2, 0) is 0 Å². The number of hydrogen-bond acceptors (Lipinski definition) is 2.